The molecule has 0 aliphatic carbocycles. The van der Waals surface area contributed by atoms with Crippen LogP contribution < -0.4 is 43.2 Å². The van der Waals surface area contributed by atoms with Crippen molar-refractivity contribution in [1.82, 2.24) is 26.2 Å². The zero-order valence-corrected chi connectivity index (χ0v) is 44.0. The van der Waals surface area contributed by atoms with Crippen LogP contribution in [0.1, 0.15) is 122 Å². The van der Waals surface area contributed by atoms with E-state index in [2.05, 4.69) is 28.2 Å². The van der Waals surface area contributed by atoms with Gasteiger partial charge in [0.15, 0.2) is 18.4 Å². The van der Waals surface area contributed by atoms with Crippen molar-refractivity contribution in [2.75, 3.05) is 40.4 Å². The van der Waals surface area contributed by atoms with Crippen LogP contribution in [-0.2, 0) is 68.5 Å². The van der Waals surface area contributed by atoms with Crippen molar-refractivity contribution >= 4 is 47.5 Å². The molecule has 23 nitrogen and oxygen atoms in total. The van der Waals surface area contributed by atoms with Gasteiger partial charge in [0, 0.05) is 58.3 Å². The minimum Gasteiger partial charge on any atom is -0.507 e. The number of carbonyl (C=O) groups excluding carboxylic acids is 8. The van der Waals surface area contributed by atoms with Gasteiger partial charge in [0.05, 0.1) is 7.11 Å². The monoisotopic (exact) mass is 1050 g/mol. The number of hydrogen-bond acceptors (Lipinski definition) is 19. The third-order valence-electron chi connectivity index (χ3n) is 12.8. The van der Waals surface area contributed by atoms with Crippen LogP contribution in [0, 0.1) is 0 Å². The Hall–Kier alpha value is -6.40. The maximum absolute atomic E-state index is 14.8. The van der Waals surface area contributed by atoms with Gasteiger partial charge in [-0.2, -0.15) is 0 Å². The smallest absolute Gasteiger partial charge is 0.328 e. The minimum atomic E-state index is -1.76. The fraction of sp³-hybridized carbons (Fsp3) is 0.615. The number of ether oxygens (including phenoxy) is 6. The second kappa shape index (κ2) is 30.8. The molecule has 4 bridgehead atoms. The van der Waals surface area contributed by atoms with E-state index in [-0.39, 0.29) is 47.5 Å². The molecule has 2 aromatic carbocycles. The molecule has 75 heavy (non-hydrogen) atoms. The molecule has 4 amide bonds. The van der Waals surface area contributed by atoms with Crippen molar-refractivity contribution < 1.29 is 71.9 Å². The zero-order valence-electron chi connectivity index (χ0n) is 44.0. The van der Waals surface area contributed by atoms with Gasteiger partial charge in [0.2, 0.25) is 24.0 Å². The molecular weight excluding hydrogens is 977 g/mol. The molecule has 23 heteroatoms. The number of fused-ring (bicyclic) bond motifs is 5. The summed E-state index contributed by atoms with van der Waals surface area (Å²) >= 11 is 0. The highest BCUT2D eigenvalue weighted by Gasteiger charge is 2.50. The highest BCUT2D eigenvalue weighted by molar-refractivity contribution is 5.96. The average Bonchev–Trinajstić information content (AvgIpc) is 3.36. The summed E-state index contributed by atoms with van der Waals surface area (Å²) in [6.07, 6.45) is 2.96. The Balaban J connectivity index is 1.79. The third-order valence-corrected chi connectivity index (χ3v) is 12.8. The molecule has 2 heterocycles. The van der Waals surface area contributed by atoms with Gasteiger partial charge >= 0.3 is 23.9 Å². The number of carbonyl (C=O) groups is 8. The third kappa shape index (κ3) is 18.7. The Morgan fingerprint density at radius 3 is 2.16 bits per heavy atom. The van der Waals surface area contributed by atoms with Crippen LogP contribution in [0.4, 0.5) is 0 Å². The maximum atomic E-state index is 14.8. The highest BCUT2D eigenvalue weighted by atomic mass is 16.7. The summed E-state index contributed by atoms with van der Waals surface area (Å²) in [4.78, 5) is 107. The van der Waals surface area contributed by atoms with E-state index in [0.29, 0.717) is 31.5 Å². The number of benzene rings is 2. The number of unbranched alkanes of at least 4 members (excludes halogenated alkanes) is 8. The number of nitrogens with one attached hydrogen (secondary N) is 4. The van der Waals surface area contributed by atoms with Crippen molar-refractivity contribution in [2.45, 2.75) is 166 Å². The summed E-state index contributed by atoms with van der Waals surface area (Å²) in [6, 6.07) is 3.11. The molecule has 2 aliphatic heterocycles. The number of phenolic OH excluding ortho intramolecular Hbond substituents is 1. The second-order valence-electron chi connectivity index (χ2n) is 18.8. The van der Waals surface area contributed by atoms with Crippen LogP contribution in [-0.4, -0.2) is 147 Å². The summed E-state index contributed by atoms with van der Waals surface area (Å²) in [5.74, 6) is -6.55. The van der Waals surface area contributed by atoms with E-state index in [9.17, 15) is 43.5 Å². The quantitative estimate of drug-likeness (QED) is 0.0378. The molecule has 1 saturated heterocycles. The van der Waals surface area contributed by atoms with Crippen LogP contribution in [0.5, 0.6) is 11.5 Å². The van der Waals surface area contributed by atoms with Crippen molar-refractivity contribution in [3.63, 3.8) is 0 Å². The maximum Gasteiger partial charge on any atom is 0.328 e. The summed E-state index contributed by atoms with van der Waals surface area (Å²) in [7, 11) is 2.46. The van der Waals surface area contributed by atoms with Gasteiger partial charge in [-0.1, -0.05) is 64.0 Å². The molecule has 2 aliphatic rings. The first-order valence-electron chi connectivity index (χ1n) is 25.7. The van der Waals surface area contributed by atoms with Gasteiger partial charge in [0.25, 0.3) is 5.91 Å². The van der Waals surface area contributed by atoms with E-state index in [4.69, 9.17) is 45.6 Å². The molecular formula is C52H78N8O15. The molecule has 416 valence electrons. The first-order valence-corrected chi connectivity index (χ1v) is 25.7. The van der Waals surface area contributed by atoms with Crippen LogP contribution in [0.25, 0.3) is 11.1 Å². The normalized spacial score (nSPS) is 22.0. The lowest BCUT2D eigenvalue weighted by atomic mass is 9.93. The number of esters is 4. The van der Waals surface area contributed by atoms with E-state index in [1.54, 1.807) is 0 Å². The lowest BCUT2D eigenvalue weighted by molar-refractivity contribution is -0.253. The molecule has 1 unspecified atom stereocenters. The predicted octanol–water partition coefficient (Wildman–Crippen LogP) is 1.77. The molecule has 11 N–H and O–H groups in total. The molecule has 0 spiro atoms. The molecule has 0 aromatic heterocycles. The van der Waals surface area contributed by atoms with Crippen LogP contribution in [0.3, 0.4) is 0 Å². The van der Waals surface area contributed by atoms with Gasteiger partial charge in [-0.25, -0.2) is 4.79 Å². The summed E-state index contributed by atoms with van der Waals surface area (Å²) < 4.78 is 33.9. The zero-order chi connectivity index (χ0) is 55.2. The number of rotatable bonds is 26. The molecule has 0 saturated carbocycles. The lowest BCUT2D eigenvalue weighted by Gasteiger charge is -2.43. The summed E-state index contributed by atoms with van der Waals surface area (Å²) in [6.45, 7) is 6.50. The Kier molecular flexibility index (Phi) is 25.1. The van der Waals surface area contributed by atoms with Crippen LogP contribution in [0.15, 0.2) is 36.4 Å². The van der Waals surface area contributed by atoms with Crippen molar-refractivity contribution in [3.05, 3.63) is 47.5 Å². The van der Waals surface area contributed by atoms with E-state index in [1.165, 1.54) is 75.5 Å². The van der Waals surface area contributed by atoms with E-state index in [0.717, 1.165) is 58.6 Å². The Bertz CT molecular complexity index is 2270. The molecule has 4 rings (SSSR count). The number of phenols is 1. The number of hydrogen-bond donors (Lipinski definition) is 8. The fourth-order valence-corrected chi connectivity index (χ4v) is 8.90. The largest absolute Gasteiger partial charge is 0.507 e. The minimum absolute atomic E-state index is 0.0549. The Morgan fingerprint density at radius 1 is 0.827 bits per heavy atom. The van der Waals surface area contributed by atoms with Crippen LogP contribution in [0.2, 0.25) is 0 Å². The predicted molar refractivity (Wildman–Crippen MR) is 273 cm³/mol. The molecule has 1 fully saturated rings. The number of methoxy groups -OCH3 is 1. The van der Waals surface area contributed by atoms with Crippen molar-refractivity contribution in [3.8, 4) is 22.6 Å². The average molecular weight is 1060 g/mol. The summed E-state index contributed by atoms with van der Waals surface area (Å²) in [5.41, 5.74) is 19.4. The SMILES string of the molecule is CCCCCCCCCCNCCC(=O)N[C@@H](CCCCN)C(=O)N(C)[C@@H]1C(=O)N[C@@H](N)C(=O)N[C@H](C(=O)OC)Cc2ccc(O)c(c2)-c2cc1ccc2OC1O[C@H](COC(C)=O)[C@@H](OC(C)=O)[C@H](OC(C)=O)[C@H]1N. The van der Waals surface area contributed by atoms with Gasteiger partial charge in [-0.15, -0.1) is 0 Å². The van der Waals surface area contributed by atoms with Crippen LogP contribution >= 0.6 is 0 Å². The summed E-state index contributed by atoms with van der Waals surface area (Å²) in [5, 5.41) is 22.7. The lowest BCUT2D eigenvalue weighted by Crippen LogP contribution is -2.65. The van der Waals surface area contributed by atoms with Gasteiger partial charge < -0.3 is 76.9 Å². The van der Waals surface area contributed by atoms with Gasteiger partial charge in [-0.3, -0.25) is 33.6 Å². The topological polar surface area (TPSA) is 342 Å². The number of aromatic hydroxyl groups is 1. The van der Waals surface area contributed by atoms with E-state index in [1.807, 2.05) is 0 Å². The number of nitrogens with two attached hydrogens (primary N) is 3. The molecule has 2 aromatic rings. The first-order chi connectivity index (χ1) is 35.8. The molecule has 9 atom stereocenters. The standard InChI is InChI=1S/C52H78N8O15/c1-7-8-9-10-11-12-13-16-24-56-25-22-42(65)57-37(17-14-15-23-53)50(68)60(5)44-34-19-21-40(74-52-43(54)46(73-32(4)63)45(72-31(3)62)41(75-52)29-71-30(2)61)36(28-34)35-26-33(18-20-39(35)64)27-38(51(69)70-6)58-49(67)47(55)59-48(44)66/h18-21,26,28,37-38,41,43-47,52,56,64H,7-17,22-25,27,29,53-55H2,1-6H3,(H,57,65)(H,58,67)(H,59,66)/t37-,38-,41+,43+,44-,45+,46+,47+,52?/m0/s1. The van der Waals surface area contributed by atoms with E-state index >= 15 is 0 Å². The number of nitrogens with zero attached hydrogens (tertiary/aromatic N) is 1. The Labute approximate surface area is 438 Å². The van der Waals surface area contributed by atoms with Gasteiger partial charge in [-0.05, 0) is 74.2 Å². The van der Waals surface area contributed by atoms with Crippen molar-refractivity contribution in [2.24, 2.45) is 17.2 Å². The van der Waals surface area contributed by atoms with Crippen molar-refractivity contribution in [1.29, 1.82) is 0 Å². The first kappa shape index (κ1) is 61.1. The number of amides is 4. The fourth-order valence-electron chi connectivity index (χ4n) is 8.90. The number of likely N-dealkylation sites (N-methyl/N-ethyl adjacent to an activating group) is 1. The Morgan fingerprint density at radius 2 is 1.51 bits per heavy atom. The highest BCUT2D eigenvalue weighted by Crippen LogP contribution is 2.41. The van der Waals surface area contributed by atoms with Gasteiger partial charge in [0.1, 0.15) is 48.4 Å². The molecule has 0 radical (unpaired) electrons. The second-order valence-corrected chi connectivity index (χ2v) is 18.8. The van der Waals surface area contributed by atoms with E-state index < -0.39 is 109 Å².